The molecule has 3 nitrogen and oxygen atoms in total. The van der Waals surface area contributed by atoms with Gasteiger partial charge in [0.1, 0.15) is 0 Å². The fourth-order valence-corrected chi connectivity index (χ4v) is 0.192. The zero-order chi connectivity index (χ0) is 5.70. The molecule has 0 bridgehead atoms. The summed E-state index contributed by atoms with van der Waals surface area (Å²) in [6.45, 7) is 3.16. The lowest BCUT2D eigenvalue weighted by molar-refractivity contribution is 0.987. The molecule has 0 aromatic rings. The Morgan fingerprint density at radius 1 is 1.86 bits per heavy atom. The van der Waals surface area contributed by atoms with E-state index in [2.05, 4.69) is 34.8 Å². The molecule has 7 heavy (non-hydrogen) atoms. The largest absolute Gasteiger partial charge is 0.364 e. The quantitative estimate of drug-likeness (QED) is 0.281. The van der Waals surface area contributed by atoms with Crippen molar-refractivity contribution in [3.05, 3.63) is 0 Å². The van der Waals surface area contributed by atoms with Gasteiger partial charge in [-0.2, -0.15) is 5.10 Å². The minimum Gasteiger partial charge on any atom is -0.364 e. The van der Waals surface area contributed by atoms with Crippen molar-refractivity contribution in [1.29, 1.82) is 0 Å². The Bertz CT molecular complexity index is 80.2. The molecule has 0 rings (SSSR count). The van der Waals surface area contributed by atoms with Gasteiger partial charge in [0.15, 0.2) is 5.11 Å². The zero-order valence-electron chi connectivity index (χ0n) is 4.06. The first-order valence-corrected chi connectivity index (χ1v) is 2.15. The summed E-state index contributed by atoms with van der Waals surface area (Å²) in [7, 11) is 1.71. The van der Waals surface area contributed by atoms with Gasteiger partial charge >= 0.3 is 0 Å². The molecule has 0 aliphatic rings. The minimum atomic E-state index is 0.481. The van der Waals surface area contributed by atoms with Gasteiger partial charge in [-0.25, -0.2) is 0 Å². The molecule has 0 heterocycles. The standard InChI is InChI=1S/C3H7N3S/c1-4-3(7)6-5-2/h2H2,1H3,(H2,4,6,7). The SMILES string of the molecule is C=NNC(=S)NC. The maximum Gasteiger partial charge on any atom is 0.186 e. The first-order chi connectivity index (χ1) is 3.31. The van der Waals surface area contributed by atoms with E-state index in [1.54, 1.807) is 7.05 Å². The van der Waals surface area contributed by atoms with Crippen molar-refractivity contribution >= 4 is 24.0 Å². The Morgan fingerprint density at radius 3 is 2.57 bits per heavy atom. The minimum absolute atomic E-state index is 0.481. The van der Waals surface area contributed by atoms with E-state index in [1.807, 2.05) is 0 Å². The summed E-state index contributed by atoms with van der Waals surface area (Å²) in [5.74, 6) is 0. The predicted octanol–water partition coefficient (Wildman–Crippen LogP) is -0.304. The second kappa shape index (κ2) is 3.55. The Hall–Kier alpha value is -0.640. The lowest BCUT2D eigenvalue weighted by Crippen LogP contribution is -2.27. The molecule has 0 fully saturated rings. The lowest BCUT2D eigenvalue weighted by atomic mass is 11.1. The molecule has 0 spiro atoms. The molecular weight excluding hydrogens is 110 g/mol. The van der Waals surface area contributed by atoms with Crippen LogP contribution in [-0.2, 0) is 0 Å². The molecule has 0 saturated heterocycles. The summed E-state index contributed by atoms with van der Waals surface area (Å²) in [4.78, 5) is 0. The van der Waals surface area contributed by atoms with Gasteiger partial charge in [-0.1, -0.05) is 0 Å². The average Bonchev–Trinajstić information content (AvgIpc) is 1.68. The van der Waals surface area contributed by atoms with Crippen LogP contribution < -0.4 is 10.7 Å². The molecule has 0 aromatic carbocycles. The highest BCUT2D eigenvalue weighted by Gasteiger charge is 1.79. The Labute approximate surface area is 47.8 Å². The molecular formula is C3H7N3S. The van der Waals surface area contributed by atoms with Crippen LogP contribution in [0.2, 0.25) is 0 Å². The van der Waals surface area contributed by atoms with Gasteiger partial charge in [0.2, 0.25) is 0 Å². The number of hydrogen-bond acceptors (Lipinski definition) is 2. The highest BCUT2D eigenvalue weighted by atomic mass is 32.1. The first-order valence-electron chi connectivity index (χ1n) is 1.74. The van der Waals surface area contributed by atoms with E-state index in [1.165, 1.54) is 0 Å². The Morgan fingerprint density at radius 2 is 2.43 bits per heavy atom. The molecule has 2 N–H and O–H groups in total. The van der Waals surface area contributed by atoms with Crippen LogP contribution in [0.4, 0.5) is 0 Å². The van der Waals surface area contributed by atoms with Gasteiger partial charge in [0.25, 0.3) is 0 Å². The monoisotopic (exact) mass is 117 g/mol. The fourth-order valence-electron chi connectivity index (χ4n) is 0.128. The summed E-state index contributed by atoms with van der Waals surface area (Å²) < 4.78 is 0. The summed E-state index contributed by atoms with van der Waals surface area (Å²) >= 11 is 4.60. The zero-order valence-corrected chi connectivity index (χ0v) is 4.88. The summed E-state index contributed by atoms with van der Waals surface area (Å²) in [6, 6.07) is 0. The molecule has 0 aromatic heterocycles. The van der Waals surface area contributed by atoms with Crippen molar-refractivity contribution in [3.8, 4) is 0 Å². The van der Waals surface area contributed by atoms with Crippen molar-refractivity contribution in [2.24, 2.45) is 5.10 Å². The van der Waals surface area contributed by atoms with E-state index in [0.717, 1.165) is 0 Å². The fraction of sp³-hybridized carbons (Fsp3) is 0.333. The van der Waals surface area contributed by atoms with Crippen LogP contribution in [-0.4, -0.2) is 18.9 Å². The molecule has 0 radical (unpaired) electrons. The van der Waals surface area contributed by atoms with E-state index < -0.39 is 0 Å². The Kier molecular flexibility index (Phi) is 3.22. The van der Waals surface area contributed by atoms with Crippen LogP contribution in [0.5, 0.6) is 0 Å². The molecule has 4 heteroatoms. The van der Waals surface area contributed by atoms with Crippen LogP contribution in [0.25, 0.3) is 0 Å². The van der Waals surface area contributed by atoms with Gasteiger partial charge in [0, 0.05) is 13.8 Å². The van der Waals surface area contributed by atoms with Crippen LogP contribution in [0, 0.1) is 0 Å². The summed E-state index contributed by atoms with van der Waals surface area (Å²) in [5.41, 5.74) is 2.43. The van der Waals surface area contributed by atoms with Crippen molar-refractivity contribution < 1.29 is 0 Å². The highest BCUT2D eigenvalue weighted by Crippen LogP contribution is 1.57. The first kappa shape index (κ1) is 6.36. The van der Waals surface area contributed by atoms with Crippen molar-refractivity contribution in [1.82, 2.24) is 10.7 Å². The summed E-state index contributed by atoms with van der Waals surface area (Å²) in [5, 5.41) is 6.44. The molecule has 0 aliphatic heterocycles. The molecule has 0 atom stereocenters. The third-order valence-electron chi connectivity index (χ3n) is 0.408. The average molecular weight is 117 g/mol. The normalized spacial score (nSPS) is 7.00. The van der Waals surface area contributed by atoms with E-state index in [0.29, 0.717) is 5.11 Å². The third-order valence-corrected chi connectivity index (χ3v) is 0.703. The Balaban J connectivity index is 3.17. The molecule has 0 saturated carbocycles. The van der Waals surface area contributed by atoms with Crippen LogP contribution in [0.15, 0.2) is 5.10 Å². The number of hydrazone groups is 1. The number of thiocarbonyl (C=S) groups is 1. The maximum atomic E-state index is 4.60. The van der Waals surface area contributed by atoms with E-state index in [-0.39, 0.29) is 0 Å². The smallest absolute Gasteiger partial charge is 0.186 e. The van der Waals surface area contributed by atoms with E-state index >= 15 is 0 Å². The second-order valence-electron chi connectivity index (χ2n) is 0.849. The van der Waals surface area contributed by atoms with Gasteiger partial charge in [0.05, 0.1) is 0 Å². The number of hydrogen-bond donors (Lipinski definition) is 2. The summed E-state index contributed by atoms with van der Waals surface area (Å²) in [6.07, 6.45) is 0. The molecule has 0 amide bonds. The van der Waals surface area contributed by atoms with Crippen LogP contribution in [0.3, 0.4) is 0 Å². The lowest BCUT2D eigenvalue weighted by Gasteiger charge is -1.96. The number of nitrogens with zero attached hydrogens (tertiary/aromatic N) is 1. The second-order valence-corrected chi connectivity index (χ2v) is 1.26. The van der Waals surface area contributed by atoms with E-state index in [4.69, 9.17) is 0 Å². The predicted molar refractivity (Wildman–Crippen MR) is 34.3 cm³/mol. The van der Waals surface area contributed by atoms with E-state index in [9.17, 15) is 0 Å². The molecule has 40 valence electrons. The van der Waals surface area contributed by atoms with Crippen LogP contribution >= 0.6 is 12.2 Å². The number of nitrogens with one attached hydrogen (secondary N) is 2. The van der Waals surface area contributed by atoms with Crippen molar-refractivity contribution in [2.45, 2.75) is 0 Å². The van der Waals surface area contributed by atoms with Crippen LogP contribution in [0.1, 0.15) is 0 Å². The van der Waals surface area contributed by atoms with Gasteiger partial charge in [-0.15, -0.1) is 0 Å². The molecule has 0 aliphatic carbocycles. The number of rotatable bonds is 1. The highest BCUT2D eigenvalue weighted by molar-refractivity contribution is 7.80. The van der Waals surface area contributed by atoms with Crippen molar-refractivity contribution in [3.63, 3.8) is 0 Å². The molecule has 0 unspecified atom stereocenters. The van der Waals surface area contributed by atoms with Gasteiger partial charge in [-0.3, -0.25) is 5.43 Å². The van der Waals surface area contributed by atoms with Gasteiger partial charge < -0.3 is 5.32 Å². The topological polar surface area (TPSA) is 36.4 Å². The van der Waals surface area contributed by atoms with Crippen molar-refractivity contribution in [2.75, 3.05) is 7.05 Å². The third kappa shape index (κ3) is 3.18. The van der Waals surface area contributed by atoms with Gasteiger partial charge in [-0.05, 0) is 12.2 Å². The maximum absolute atomic E-state index is 4.60.